The molecule has 240 valence electrons. The van der Waals surface area contributed by atoms with Crippen LogP contribution in [0.15, 0.2) is 121 Å². The van der Waals surface area contributed by atoms with Crippen molar-refractivity contribution in [2.24, 2.45) is 0 Å². The summed E-state index contributed by atoms with van der Waals surface area (Å²) in [5, 5.41) is 0. The maximum absolute atomic E-state index is 5.58. The van der Waals surface area contributed by atoms with Gasteiger partial charge in [-0.05, 0) is 98.5 Å². The molecule has 0 radical (unpaired) electrons. The molecule has 0 saturated carbocycles. The van der Waals surface area contributed by atoms with Crippen molar-refractivity contribution in [1.29, 1.82) is 0 Å². The first-order valence-electron chi connectivity index (χ1n) is 15.5. The monoisotopic (exact) mass is 632 g/mol. The van der Waals surface area contributed by atoms with Crippen LogP contribution in [-0.2, 0) is 0 Å². The van der Waals surface area contributed by atoms with Crippen molar-refractivity contribution in [2.45, 2.75) is 27.7 Å². The summed E-state index contributed by atoms with van der Waals surface area (Å²) in [6, 6.07) is 31.5. The number of para-hydroxylation sites is 4. The largest absolute Gasteiger partial charge is 0.481 e. The van der Waals surface area contributed by atoms with Gasteiger partial charge in [0, 0.05) is 0 Å². The van der Waals surface area contributed by atoms with Gasteiger partial charge < -0.3 is 18.9 Å². The molecule has 0 aliphatic heterocycles. The van der Waals surface area contributed by atoms with E-state index < -0.39 is 0 Å². The average molecular weight is 633 g/mol. The molecule has 0 amide bonds. The van der Waals surface area contributed by atoms with Crippen molar-refractivity contribution in [2.75, 3.05) is 26.4 Å². The number of rotatable bonds is 8. The predicted molar refractivity (Wildman–Crippen MR) is 196 cm³/mol. The first-order valence-corrected chi connectivity index (χ1v) is 15.5. The Balaban J connectivity index is 0.000000260. The van der Waals surface area contributed by atoms with Gasteiger partial charge in [0.05, 0.1) is 0 Å². The zero-order valence-corrected chi connectivity index (χ0v) is 28.0. The van der Waals surface area contributed by atoms with Crippen LogP contribution in [0.2, 0.25) is 0 Å². The molecule has 0 bridgehead atoms. The number of aryl methyl sites for hydroxylation is 4. The minimum atomic E-state index is 0.360. The summed E-state index contributed by atoms with van der Waals surface area (Å²) < 4.78 is 22.3. The predicted octanol–water partition coefficient (Wildman–Crippen LogP) is 8.65. The first-order chi connectivity index (χ1) is 23.5. The quantitative estimate of drug-likeness (QED) is 0.182. The Morgan fingerprint density at radius 2 is 0.562 bits per heavy atom. The standard InChI is InChI=1S/2C22H20O2/c2*1-19-13-7-9-15-21(19)23-17-11-5-3-4-6-12-18-24-22-16-10-8-14-20(22)2/h2*3-4,7-10,13-16H,17-18H2,1-2H3/b2*4-3-. The Hall–Kier alpha value is -6.20. The first kappa shape index (κ1) is 36.3. The van der Waals surface area contributed by atoms with Gasteiger partial charge in [0.2, 0.25) is 0 Å². The topological polar surface area (TPSA) is 36.9 Å². The molecule has 4 heteroatoms. The molecular weight excluding hydrogens is 592 g/mol. The fraction of sp³-hybridized carbons (Fsp3) is 0.182. The number of hydrogen-bond donors (Lipinski definition) is 0. The van der Waals surface area contributed by atoms with E-state index in [0.29, 0.717) is 26.4 Å². The highest BCUT2D eigenvalue weighted by atomic mass is 16.5. The highest BCUT2D eigenvalue weighted by Crippen LogP contribution is 2.17. The Labute approximate surface area is 286 Å². The van der Waals surface area contributed by atoms with Crippen LogP contribution in [0.5, 0.6) is 23.0 Å². The van der Waals surface area contributed by atoms with Gasteiger partial charge in [-0.25, -0.2) is 0 Å². The molecule has 0 fully saturated rings. The lowest BCUT2D eigenvalue weighted by Gasteiger charge is -2.04. The van der Waals surface area contributed by atoms with Crippen molar-refractivity contribution >= 4 is 0 Å². The van der Waals surface area contributed by atoms with E-state index in [1.165, 1.54) is 0 Å². The normalized spacial score (nSPS) is 9.58. The van der Waals surface area contributed by atoms with E-state index >= 15 is 0 Å². The van der Waals surface area contributed by atoms with Gasteiger partial charge in [-0.15, -0.1) is 0 Å². The fourth-order valence-electron chi connectivity index (χ4n) is 3.90. The minimum Gasteiger partial charge on any atom is -0.481 e. The van der Waals surface area contributed by atoms with Crippen LogP contribution in [0.4, 0.5) is 0 Å². The number of hydrogen-bond acceptors (Lipinski definition) is 4. The highest BCUT2D eigenvalue weighted by Gasteiger charge is 1.97. The summed E-state index contributed by atoms with van der Waals surface area (Å²) in [6.07, 6.45) is 6.84. The lowest BCUT2D eigenvalue weighted by molar-refractivity contribution is 0.367. The average Bonchev–Trinajstić information content (AvgIpc) is 3.10. The van der Waals surface area contributed by atoms with Gasteiger partial charge in [0.1, 0.15) is 49.4 Å². The maximum atomic E-state index is 5.58. The van der Waals surface area contributed by atoms with Crippen LogP contribution in [0.3, 0.4) is 0 Å². The highest BCUT2D eigenvalue weighted by molar-refractivity contribution is 5.35. The molecule has 4 aromatic carbocycles. The summed E-state index contributed by atoms with van der Waals surface area (Å²) in [4.78, 5) is 0. The molecule has 0 N–H and O–H groups in total. The van der Waals surface area contributed by atoms with E-state index in [-0.39, 0.29) is 0 Å². The Morgan fingerprint density at radius 3 is 0.771 bits per heavy atom. The molecule has 0 aromatic heterocycles. The zero-order valence-electron chi connectivity index (χ0n) is 28.0. The molecule has 48 heavy (non-hydrogen) atoms. The molecule has 4 rings (SSSR count). The SMILES string of the molecule is Cc1ccccc1OCC#C/C=C\C#CCOc1ccccc1C.Cc1ccccc1OCC#C/C=C\C#CCOc1ccccc1C. The second kappa shape index (κ2) is 22.3. The van der Waals surface area contributed by atoms with Gasteiger partial charge in [0.25, 0.3) is 0 Å². The van der Waals surface area contributed by atoms with Crippen molar-refractivity contribution in [3.8, 4) is 70.4 Å². The third kappa shape index (κ3) is 14.7. The van der Waals surface area contributed by atoms with Crippen molar-refractivity contribution in [1.82, 2.24) is 0 Å². The van der Waals surface area contributed by atoms with Crippen LogP contribution >= 0.6 is 0 Å². The van der Waals surface area contributed by atoms with E-state index in [2.05, 4.69) is 47.4 Å². The number of benzene rings is 4. The third-order valence-electron chi connectivity index (χ3n) is 6.48. The van der Waals surface area contributed by atoms with E-state index in [0.717, 1.165) is 45.3 Å². The Kier molecular flexibility index (Phi) is 16.9. The van der Waals surface area contributed by atoms with E-state index in [4.69, 9.17) is 18.9 Å². The summed E-state index contributed by atoms with van der Waals surface area (Å²) in [5.41, 5.74) is 4.42. The summed E-state index contributed by atoms with van der Waals surface area (Å²) in [5.74, 6) is 26.7. The van der Waals surface area contributed by atoms with E-state index in [1.807, 2.05) is 125 Å². The van der Waals surface area contributed by atoms with Crippen LogP contribution in [0, 0.1) is 75.1 Å². The number of allylic oxidation sites excluding steroid dienone is 4. The smallest absolute Gasteiger partial charge is 0.149 e. The molecular formula is C44H40O4. The molecule has 0 saturated heterocycles. The molecule has 0 atom stereocenters. The Bertz CT molecular complexity index is 1620. The van der Waals surface area contributed by atoms with Crippen LogP contribution in [0.1, 0.15) is 22.3 Å². The lowest BCUT2D eigenvalue weighted by Crippen LogP contribution is -1.95. The van der Waals surface area contributed by atoms with E-state index in [9.17, 15) is 0 Å². The van der Waals surface area contributed by atoms with Gasteiger partial charge in [-0.2, -0.15) is 0 Å². The molecule has 0 aliphatic carbocycles. The minimum absolute atomic E-state index is 0.360. The van der Waals surface area contributed by atoms with E-state index in [1.54, 1.807) is 24.3 Å². The summed E-state index contributed by atoms with van der Waals surface area (Å²) in [7, 11) is 0. The summed E-state index contributed by atoms with van der Waals surface area (Å²) in [6.45, 7) is 9.49. The molecule has 0 spiro atoms. The lowest BCUT2D eigenvalue weighted by atomic mass is 10.2. The molecule has 0 unspecified atom stereocenters. The number of ether oxygens (including phenoxy) is 4. The second-order valence-electron chi connectivity index (χ2n) is 10.2. The van der Waals surface area contributed by atoms with Gasteiger partial charge >= 0.3 is 0 Å². The van der Waals surface area contributed by atoms with Crippen LogP contribution < -0.4 is 18.9 Å². The van der Waals surface area contributed by atoms with Gasteiger partial charge in [0.15, 0.2) is 0 Å². The molecule has 0 heterocycles. The van der Waals surface area contributed by atoms with Crippen LogP contribution in [-0.4, -0.2) is 26.4 Å². The molecule has 0 aliphatic rings. The van der Waals surface area contributed by atoms with Gasteiger partial charge in [-0.3, -0.25) is 0 Å². The van der Waals surface area contributed by atoms with Crippen molar-refractivity contribution in [3.05, 3.63) is 144 Å². The second-order valence-corrected chi connectivity index (χ2v) is 10.2. The maximum Gasteiger partial charge on any atom is 0.149 e. The fourth-order valence-corrected chi connectivity index (χ4v) is 3.90. The summed E-state index contributed by atoms with van der Waals surface area (Å²) >= 11 is 0. The van der Waals surface area contributed by atoms with Crippen molar-refractivity contribution in [3.63, 3.8) is 0 Å². The third-order valence-corrected chi connectivity index (χ3v) is 6.48. The zero-order chi connectivity index (χ0) is 34.1. The molecule has 4 aromatic rings. The molecule has 4 nitrogen and oxygen atoms in total. The van der Waals surface area contributed by atoms with Gasteiger partial charge in [-0.1, -0.05) is 120 Å². The van der Waals surface area contributed by atoms with Crippen molar-refractivity contribution < 1.29 is 18.9 Å². The Morgan fingerprint density at radius 1 is 0.354 bits per heavy atom. The van der Waals surface area contributed by atoms with Crippen LogP contribution in [0.25, 0.3) is 0 Å².